The number of nitrogens with one attached hydrogen (secondary N) is 1. The van der Waals surface area contributed by atoms with Crippen LogP contribution in [0.2, 0.25) is 0 Å². The van der Waals surface area contributed by atoms with E-state index in [2.05, 4.69) is 15.1 Å². The third-order valence-electron chi connectivity index (χ3n) is 6.74. The highest BCUT2D eigenvalue weighted by atomic mass is 16.4. The molecule has 9 heteroatoms. The van der Waals surface area contributed by atoms with Crippen molar-refractivity contribution in [3.05, 3.63) is 60.3 Å². The number of nitrogens with zero attached hydrogens (tertiary/aromatic N) is 4. The fourth-order valence-corrected chi connectivity index (χ4v) is 4.94. The standard InChI is InChI=1S/C24H25N5O4/c30-21(31)8-11-28-16-29(19-4-2-1-3-5-19)24(23(28)33)9-12-27(13-10-24)22(32)17-6-7-20-18(14-17)15-25-26-20/h1-7,14-15H,8-13,16H2,(H,25,26)(H,30,31). The van der Waals surface area contributed by atoms with Crippen molar-refractivity contribution in [2.24, 2.45) is 0 Å². The Labute approximate surface area is 190 Å². The lowest BCUT2D eigenvalue weighted by molar-refractivity contribution is -0.138. The molecule has 0 atom stereocenters. The van der Waals surface area contributed by atoms with E-state index in [-0.39, 0.29) is 24.8 Å². The van der Waals surface area contributed by atoms with Crippen molar-refractivity contribution in [1.82, 2.24) is 20.0 Å². The average molecular weight is 447 g/mol. The van der Waals surface area contributed by atoms with Crippen molar-refractivity contribution in [1.29, 1.82) is 0 Å². The summed E-state index contributed by atoms with van der Waals surface area (Å²) in [5, 5.41) is 16.9. The molecule has 9 nitrogen and oxygen atoms in total. The van der Waals surface area contributed by atoms with E-state index in [1.807, 2.05) is 42.5 Å². The van der Waals surface area contributed by atoms with Gasteiger partial charge in [0, 0.05) is 36.3 Å². The quantitative estimate of drug-likeness (QED) is 0.621. The number of anilines is 1. The maximum atomic E-state index is 13.5. The Morgan fingerprint density at radius 1 is 1.09 bits per heavy atom. The van der Waals surface area contributed by atoms with Crippen LogP contribution in [-0.2, 0) is 9.59 Å². The number of carbonyl (C=O) groups excluding carboxylic acids is 2. The number of aliphatic carboxylic acids is 1. The topological polar surface area (TPSA) is 110 Å². The molecular formula is C24H25N5O4. The molecule has 3 aromatic rings. The molecular weight excluding hydrogens is 422 g/mol. The summed E-state index contributed by atoms with van der Waals surface area (Å²) in [5.74, 6) is -1.04. The van der Waals surface area contributed by atoms with Crippen LogP contribution in [-0.4, -0.2) is 74.7 Å². The number of aromatic amines is 1. The molecule has 0 unspecified atom stereocenters. The predicted octanol–water partition coefficient (Wildman–Crippen LogP) is 2.32. The third kappa shape index (κ3) is 3.69. The van der Waals surface area contributed by atoms with Crippen molar-refractivity contribution in [2.75, 3.05) is 31.2 Å². The van der Waals surface area contributed by atoms with Gasteiger partial charge in [-0.25, -0.2) is 0 Å². The summed E-state index contributed by atoms with van der Waals surface area (Å²) in [4.78, 5) is 43.3. The van der Waals surface area contributed by atoms with E-state index in [4.69, 9.17) is 5.11 Å². The molecule has 33 heavy (non-hydrogen) atoms. The zero-order chi connectivity index (χ0) is 23.0. The van der Waals surface area contributed by atoms with E-state index in [0.29, 0.717) is 38.2 Å². The van der Waals surface area contributed by atoms with Crippen LogP contribution in [0.25, 0.3) is 10.9 Å². The molecule has 1 aromatic heterocycles. The Morgan fingerprint density at radius 2 is 1.85 bits per heavy atom. The zero-order valence-corrected chi connectivity index (χ0v) is 18.1. The predicted molar refractivity (Wildman–Crippen MR) is 122 cm³/mol. The lowest BCUT2D eigenvalue weighted by atomic mass is 9.85. The molecule has 1 spiro atoms. The number of para-hydroxylation sites is 1. The zero-order valence-electron chi connectivity index (χ0n) is 18.1. The van der Waals surface area contributed by atoms with E-state index >= 15 is 0 Å². The first-order valence-corrected chi connectivity index (χ1v) is 11.0. The lowest BCUT2D eigenvalue weighted by Crippen LogP contribution is -2.57. The molecule has 2 aliphatic heterocycles. The Kier molecular flexibility index (Phi) is 5.24. The van der Waals surface area contributed by atoms with Gasteiger partial charge in [-0.2, -0.15) is 5.10 Å². The number of hydrogen-bond donors (Lipinski definition) is 2. The minimum atomic E-state index is -0.926. The van der Waals surface area contributed by atoms with Gasteiger partial charge in [-0.05, 0) is 43.2 Å². The highest BCUT2D eigenvalue weighted by molar-refractivity contribution is 5.99. The van der Waals surface area contributed by atoms with E-state index in [0.717, 1.165) is 16.6 Å². The number of carboxylic acid groups (broad SMARTS) is 1. The molecule has 0 aliphatic carbocycles. The summed E-state index contributed by atoms with van der Waals surface area (Å²) < 4.78 is 0. The number of rotatable bonds is 5. The number of amides is 2. The van der Waals surface area contributed by atoms with Crippen LogP contribution in [0.4, 0.5) is 5.69 Å². The van der Waals surface area contributed by atoms with Gasteiger partial charge in [-0.3, -0.25) is 19.5 Å². The van der Waals surface area contributed by atoms with Crippen LogP contribution in [0, 0.1) is 0 Å². The number of carboxylic acids is 1. The highest BCUT2D eigenvalue weighted by Crippen LogP contribution is 2.39. The molecule has 5 rings (SSSR count). The Hall–Kier alpha value is -3.88. The number of likely N-dealkylation sites (tertiary alicyclic amines) is 1. The van der Waals surface area contributed by atoms with Crippen LogP contribution in [0.15, 0.2) is 54.7 Å². The molecule has 0 bridgehead atoms. The Balaban J connectivity index is 1.37. The molecule has 2 fully saturated rings. The van der Waals surface area contributed by atoms with Crippen molar-refractivity contribution in [2.45, 2.75) is 24.8 Å². The number of benzene rings is 2. The smallest absolute Gasteiger partial charge is 0.305 e. The second kappa shape index (κ2) is 8.23. The van der Waals surface area contributed by atoms with Gasteiger partial charge in [-0.15, -0.1) is 0 Å². The van der Waals surface area contributed by atoms with Crippen molar-refractivity contribution in [3.8, 4) is 0 Å². The molecule has 3 heterocycles. The van der Waals surface area contributed by atoms with Gasteiger partial charge in [0.05, 0.1) is 24.8 Å². The van der Waals surface area contributed by atoms with Gasteiger partial charge in [0.25, 0.3) is 5.91 Å². The largest absolute Gasteiger partial charge is 0.481 e. The minimum absolute atomic E-state index is 0.0560. The van der Waals surface area contributed by atoms with Gasteiger partial charge < -0.3 is 19.8 Å². The fraction of sp³-hybridized carbons (Fsp3) is 0.333. The molecule has 2 N–H and O–H groups in total. The SMILES string of the molecule is O=C(O)CCN1CN(c2ccccc2)C2(CCN(C(=O)c3ccc4[nH]ncc4c3)CC2)C1=O. The number of carbonyl (C=O) groups is 3. The van der Waals surface area contributed by atoms with Crippen LogP contribution >= 0.6 is 0 Å². The molecule has 2 aromatic carbocycles. The number of piperidine rings is 1. The van der Waals surface area contributed by atoms with Crippen LogP contribution in [0.5, 0.6) is 0 Å². The second-order valence-corrected chi connectivity index (χ2v) is 8.61. The minimum Gasteiger partial charge on any atom is -0.481 e. The normalized spacial score (nSPS) is 17.8. The van der Waals surface area contributed by atoms with E-state index in [1.165, 1.54) is 0 Å². The summed E-state index contributed by atoms with van der Waals surface area (Å²) in [6.45, 7) is 1.42. The lowest BCUT2D eigenvalue weighted by Gasteiger charge is -2.43. The molecule has 2 amide bonds. The van der Waals surface area contributed by atoms with Crippen molar-refractivity contribution in [3.63, 3.8) is 0 Å². The van der Waals surface area contributed by atoms with E-state index in [1.54, 1.807) is 22.1 Å². The number of hydrogen-bond acceptors (Lipinski definition) is 5. The summed E-state index contributed by atoms with van der Waals surface area (Å²) >= 11 is 0. The van der Waals surface area contributed by atoms with Crippen LogP contribution in [0.3, 0.4) is 0 Å². The third-order valence-corrected chi connectivity index (χ3v) is 6.74. The first kappa shape index (κ1) is 21.0. The van der Waals surface area contributed by atoms with Gasteiger partial charge in [0.2, 0.25) is 5.91 Å². The van der Waals surface area contributed by atoms with Gasteiger partial charge in [0.15, 0.2) is 0 Å². The Bertz CT molecular complexity index is 1200. The number of fused-ring (bicyclic) bond motifs is 1. The summed E-state index contributed by atoms with van der Waals surface area (Å²) in [7, 11) is 0. The number of aromatic nitrogens is 2. The monoisotopic (exact) mass is 447 g/mol. The van der Waals surface area contributed by atoms with Crippen LogP contribution in [0.1, 0.15) is 29.6 Å². The molecule has 2 saturated heterocycles. The average Bonchev–Trinajstić information content (AvgIpc) is 3.41. The summed E-state index contributed by atoms with van der Waals surface area (Å²) in [6, 6.07) is 15.2. The molecule has 0 saturated carbocycles. The van der Waals surface area contributed by atoms with Crippen molar-refractivity contribution >= 4 is 34.4 Å². The maximum absolute atomic E-state index is 13.5. The van der Waals surface area contributed by atoms with Crippen LogP contribution < -0.4 is 4.90 Å². The summed E-state index contributed by atoms with van der Waals surface area (Å²) in [5.41, 5.74) is 1.63. The van der Waals surface area contributed by atoms with E-state index in [9.17, 15) is 14.4 Å². The van der Waals surface area contributed by atoms with Gasteiger partial charge >= 0.3 is 5.97 Å². The number of H-pyrrole nitrogens is 1. The van der Waals surface area contributed by atoms with Crippen molar-refractivity contribution < 1.29 is 19.5 Å². The molecule has 2 aliphatic rings. The molecule has 0 radical (unpaired) electrons. The first-order chi connectivity index (χ1) is 16.0. The first-order valence-electron chi connectivity index (χ1n) is 11.0. The van der Waals surface area contributed by atoms with Gasteiger partial charge in [0.1, 0.15) is 5.54 Å². The molecule has 170 valence electrons. The second-order valence-electron chi connectivity index (χ2n) is 8.61. The Morgan fingerprint density at radius 3 is 2.58 bits per heavy atom. The summed E-state index contributed by atoms with van der Waals surface area (Å²) in [6.07, 6.45) is 2.58. The highest BCUT2D eigenvalue weighted by Gasteiger charge is 2.54. The maximum Gasteiger partial charge on any atom is 0.305 e. The fourth-order valence-electron chi connectivity index (χ4n) is 4.94. The van der Waals surface area contributed by atoms with E-state index < -0.39 is 11.5 Å². The van der Waals surface area contributed by atoms with Gasteiger partial charge in [-0.1, -0.05) is 18.2 Å².